The van der Waals surface area contributed by atoms with Crippen LogP contribution in [0.15, 0.2) is 109 Å². The molecule has 0 saturated heterocycles. The van der Waals surface area contributed by atoms with Crippen molar-refractivity contribution < 1.29 is 9.47 Å². The number of hydrogen-bond donors (Lipinski definition) is 0. The van der Waals surface area contributed by atoms with E-state index in [9.17, 15) is 0 Å². The van der Waals surface area contributed by atoms with Gasteiger partial charge in [-0.05, 0) is 88.8 Å². The van der Waals surface area contributed by atoms with Gasteiger partial charge in [-0.25, -0.2) is 0 Å². The molecule has 0 unspecified atom stereocenters. The maximum absolute atomic E-state index is 6.76. The van der Waals surface area contributed by atoms with Gasteiger partial charge in [0, 0.05) is 25.6 Å². The molecule has 3 heterocycles. The lowest BCUT2D eigenvalue weighted by atomic mass is 9.34. The van der Waals surface area contributed by atoms with E-state index < -0.39 is 0 Å². The largest absolute Gasteiger partial charge is 0.458 e. The fourth-order valence-electron chi connectivity index (χ4n) is 7.18. The third-order valence-electron chi connectivity index (χ3n) is 9.17. The molecule has 1 aromatic heterocycles. The van der Waals surface area contributed by atoms with Crippen LogP contribution in [-0.2, 0) is 0 Å². The molecular formula is C39H27BO2S. The minimum Gasteiger partial charge on any atom is -0.458 e. The lowest BCUT2D eigenvalue weighted by Crippen LogP contribution is -2.57. The van der Waals surface area contributed by atoms with Gasteiger partial charge in [0.05, 0.1) is 0 Å². The van der Waals surface area contributed by atoms with Crippen LogP contribution in [0.5, 0.6) is 23.0 Å². The second-order valence-electron chi connectivity index (χ2n) is 11.8. The van der Waals surface area contributed by atoms with Gasteiger partial charge in [-0.1, -0.05) is 91.0 Å². The Morgan fingerprint density at radius 3 is 1.84 bits per heavy atom. The molecule has 204 valence electrons. The van der Waals surface area contributed by atoms with E-state index in [0.29, 0.717) is 0 Å². The zero-order valence-electron chi connectivity index (χ0n) is 24.2. The third kappa shape index (κ3) is 3.54. The molecule has 2 aliphatic rings. The smallest absolute Gasteiger partial charge is 0.260 e. The van der Waals surface area contributed by atoms with Crippen molar-refractivity contribution in [1.82, 2.24) is 0 Å². The maximum Gasteiger partial charge on any atom is 0.260 e. The number of rotatable bonds is 2. The van der Waals surface area contributed by atoms with Crippen molar-refractivity contribution in [1.29, 1.82) is 0 Å². The SMILES string of the molecule is Cc1cccc2c1Oc1cc(-c3ccccc3-c3cccc4sc5c(C)cccc5c34)cc3c1B2c1cccc(C)c1O3. The Hall–Kier alpha value is -4.80. The first-order valence-corrected chi connectivity index (χ1v) is 15.6. The van der Waals surface area contributed by atoms with Crippen LogP contribution in [0.4, 0.5) is 0 Å². The van der Waals surface area contributed by atoms with Crippen LogP contribution in [0, 0.1) is 20.8 Å². The lowest BCUT2D eigenvalue weighted by Gasteiger charge is -2.34. The van der Waals surface area contributed by atoms with E-state index in [1.165, 1.54) is 47.8 Å². The highest BCUT2D eigenvalue weighted by Crippen LogP contribution is 2.45. The summed E-state index contributed by atoms with van der Waals surface area (Å²) in [6, 6.07) is 39.5. The average Bonchev–Trinajstić information content (AvgIpc) is 3.42. The van der Waals surface area contributed by atoms with Crippen molar-refractivity contribution in [2.45, 2.75) is 20.8 Å². The number of ether oxygens (including phenoxy) is 2. The van der Waals surface area contributed by atoms with Crippen LogP contribution in [0.1, 0.15) is 16.7 Å². The fraction of sp³-hybridized carbons (Fsp3) is 0.0769. The summed E-state index contributed by atoms with van der Waals surface area (Å²) in [7, 11) is 0. The summed E-state index contributed by atoms with van der Waals surface area (Å²) in [6.45, 7) is 6.54. The van der Waals surface area contributed by atoms with Crippen LogP contribution >= 0.6 is 11.3 Å². The highest BCUT2D eigenvalue weighted by Gasteiger charge is 2.41. The molecule has 43 heavy (non-hydrogen) atoms. The molecule has 0 radical (unpaired) electrons. The van der Waals surface area contributed by atoms with Gasteiger partial charge in [0.2, 0.25) is 0 Å². The minimum atomic E-state index is 0.0655. The number of fused-ring (bicyclic) bond motifs is 7. The summed E-state index contributed by atoms with van der Waals surface area (Å²) < 4.78 is 16.2. The number of hydrogen-bond acceptors (Lipinski definition) is 3. The van der Waals surface area contributed by atoms with Crippen LogP contribution in [0.3, 0.4) is 0 Å². The molecule has 2 aliphatic heterocycles. The molecule has 0 N–H and O–H groups in total. The fourth-order valence-corrected chi connectivity index (χ4v) is 8.37. The molecule has 2 nitrogen and oxygen atoms in total. The maximum atomic E-state index is 6.76. The summed E-state index contributed by atoms with van der Waals surface area (Å²) in [5, 5.41) is 2.64. The van der Waals surface area contributed by atoms with Gasteiger partial charge < -0.3 is 9.47 Å². The Bertz CT molecular complexity index is 2220. The van der Waals surface area contributed by atoms with Gasteiger partial charge in [0.25, 0.3) is 6.71 Å². The number of thiophene rings is 1. The van der Waals surface area contributed by atoms with Crippen LogP contribution in [0.25, 0.3) is 42.4 Å². The second kappa shape index (κ2) is 9.10. The first-order chi connectivity index (χ1) is 21.1. The molecule has 9 rings (SSSR count). The molecule has 7 aromatic rings. The highest BCUT2D eigenvalue weighted by atomic mass is 32.1. The second-order valence-corrected chi connectivity index (χ2v) is 12.8. The van der Waals surface area contributed by atoms with E-state index >= 15 is 0 Å². The van der Waals surface area contributed by atoms with Gasteiger partial charge >= 0.3 is 0 Å². The van der Waals surface area contributed by atoms with Gasteiger partial charge in [0.1, 0.15) is 23.0 Å². The predicted molar refractivity (Wildman–Crippen MR) is 182 cm³/mol. The molecule has 0 atom stereocenters. The lowest BCUT2D eigenvalue weighted by molar-refractivity contribution is 0.461. The Balaban J connectivity index is 1.30. The molecule has 0 amide bonds. The molecule has 4 heteroatoms. The van der Waals surface area contributed by atoms with Crippen molar-refractivity contribution in [2.75, 3.05) is 0 Å². The zero-order chi connectivity index (χ0) is 28.8. The summed E-state index contributed by atoms with van der Waals surface area (Å²) in [4.78, 5) is 0. The average molecular weight is 571 g/mol. The van der Waals surface area contributed by atoms with E-state index in [-0.39, 0.29) is 6.71 Å². The monoisotopic (exact) mass is 570 g/mol. The first-order valence-electron chi connectivity index (χ1n) is 14.8. The Labute approximate surface area is 255 Å². The highest BCUT2D eigenvalue weighted by molar-refractivity contribution is 7.26. The Morgan fingerprint density at radius 1 is 0.558 bits per heavy atom. The van der Waals surface area contributed by atoms with Crippen molar-refractivity contribution in [3.05, 3.63) is 126 Å². The summed E-state index contributed by atoms with van der Waals surface area (Å²) in [6.07, 6.45) is 0. The van der Waals surface area contributed by atoms with Crippen LogP contribution in [-0.4, -0.2) is 6.71 Å². The van der Waals surface area contributed by atoms with E-state index in [1.54, 1.807) is 0 Å². The molecule has 0 bridgehead atoms. The summed E-state index contributed by atoms with van der Waals surface area (Å²) in [5.74, 6) is 3.65. The van der Waals surface area contributed by atoms with Gasteiger partial charge in [-0.2, -0.15) is 0 Å². The molecule has 0 aliphatic carbocycles. The quantitative estimate of drug-likeness (QED) is 0.193. The van der Waals surface area contributed by atoms with Gasteiger partial charge in [-0.15, -0.1) is 11.3 Å². The molecule has 0 spiro atoms. The van der Waals surface area contributed by atoms with E-state index in [0.717, 1.165) is 50.7 Å². The van der Waals surface area contributed by atoms with Crippen molar-refractivity contribution in [3.8, 4) is 45.3 Å². The Kier molecular flexibility index (Phi) is 5.24. The standard InChI is InChI=1S/C39H27BO2S/c1-22-10-7-17-30-37(22)41-32-20-25(21-33-36(32)40(30)31-18-8-11-23(2)38(31)42-33)26-13-4-5-14-27(26)28-15-9-19-34-35(28)29-16-6-12-24(3)39(29)43-34/h4-21H,1-3H3. The van der Waals surface area contributed by atoms with Gasteiger partial charge in [-0.3, -0.25) is 0 Å². The summed E-state index contributed by atoms with van der Waals surface area (Å²) in [5.41, 5.74) is 11.8. The van der Waals surface area contributed by atoms with Crippen LogP contribution in [0.2, 0.25) is 0 Å². The van der Waals surface area contributed by atoms with Crippen molar-refractivity contribution >= 4 is 54.6 Å². The topological polar surface area (TPSA) is 18.5 Å². The molecule has 6 aromatic carbocycles. The van der Waals surface area contributed by atoms with E-state index in [1.807, 2.05) is 11.3 Å². The van der Waals surface area contributed by atoms with E-state index in [4.69, 9.17) is 9.47 Å². The van der Waals surface area contributed by atoms with Crippen LogP contribution < -0.4 is 25.9 Å². The minimum absolute atomic E-state index is 0.0655. The summed E-state index contributed by atoms with van der Waals surface area (Å²) >= 11 is 1.88. The number of para-hydroxylation sites is 2. The van der Waals surface area contributed by atoms with Crippen molar-refractivity contribution in [3.63, 3.8) is 0 Å². The third-order valence-corrected chi connectivity index (χ3v) is 10.5. The normalized spacial score (nSPS) is 12.9. The van der Waals surface area contributed by atoms with Crippen molar-refractivity contribution in [2.24, 2.45) is 0 Å². The van der Waals surface area contributed by atoms with E-state index in [2.05, 4.69) is 130 Å². The zero-order valence-corrected chi connectivity index (χ0v) is 25.0. The molecule has 0 saturated carbocycles. The molecular weight excluding hydrogens is 543 g/mol. The first kappa shape index (κ1) is 24.8. The number of benzene rings is 6. The Morgan fingerprint density at radius 2 is 1.14 bits per heavy atom. The van der Waals surface area contributed by atoms with Gasteiger partial charge in [0.15, 0.2) is 0 Å². The molecule has 0 fully saturated rings. The predicted octanol–water partition coefficient (Wildman–Crippen LogP) is 9.04. The number of aryl methyl sites for hydroxylation is 3.